The summed E-state index contributed by atoms with van der Waals surface area (Å²) in [7, 11) is 2.16. The zero-order chi connectivity index (χ0) is 18.4. The first kappa shape index (κ1) is 18.0. The van der Waals surface area contributed by atoms with Crippen molar-refractivity contribution in [2.45, 2.75) is 19.1 Å². The van der Waals surface area contributed by atoms with Crippen molar-refractivity contribution in [1.82, 2.24) is 10.2 Å². The van der Waals surface area contributed by atoms with Crippen LogP contribution >= 0.6 is 0 Å². The van der Waals surface area contributed by atoms with Crippen LogP contribution in [0.4, 0.5) is 0 Å². The Bertz CT molecular complexity index is 816. The second-order valence-corrected chi connectivity index (χ2v) is 6.42. The fourth-order valence-corrected chi connectivity index (χ4v) is 3.40. The maximum Gasteiger partial charge on any atom is 0.106 e. The van der Waals surface area contributed by atoms with Gasteiger partial charge in [0.2, 0.25) is 0 Å². The maximum absolute atomic E-state index is 3.89. The smallest absolute Gasteiger partial charge is 0.106 e. The van der Waals surface area contributed by atoms with E-state index < -0.39 is 0 Å². The number of nitrogens with zero attached hydrogens (tertiary/aromatic N) is 1. The highest BCUT2D eigenvalue weighted by atomic mass is 15.3. The number of benzene rings is 2. The minimum atomic E-state index is 0.0645. The van der Waals surface area contributed by atoms with Gasteiger partial charge in [0.15, 0.2) is 0 Å². The van der Waals surface area contributed by atoms with E-state index in [2.05, 4.69) is 103 Å². The van der Waals surface area contributed by atoms with E-state index >= 15 is 0 Å². The Labute approximate surface area is 156 Å². The molecule has 0 spiro atoms. The van der Waals surface area contributed by atoms with Crippen LogP contribution in [0.15, 0.2) is 103 Å². The van der Waals surface area contributed by atoms with Crippen LogP contribution in [0.1, 0.15) is 24.1 Å². The number of rotatable bonds is 5. The Hall–Kier alpha value is -2.84. The van der Waals surface area contributed by atoms with Gasteiger partial charge in [-0.15, -0.1) is 0 Å². The number of likely N-dealkylation sites (N-methyl/N-ethyl adjacent to an activating group) is 1. The molecule has 2 atom stereocenters. The van der Waals surface area contributed by atoms with Gasteiger partial charge >= 0.3 is 0 Å². The summed E-state index contributed by atoms with van der Waals surface area (Å²) in [6.07, 6.45) is 10.5. The number of hydrogen-bond acceptors (Lipinski definition) is 2. The van der Waals surface area contributed by atoms with E-state index in [-0.39, 0.29) is 12.2 Å². The molecule has 2 heteroatoms. The first-order valence-electron chi connectivity index (χ1n) is 9.00. The predicted molar refractivity (Wildman–Crippen MR) is 111 cm³/mol. The highest BCUT2D eigenvalue weighted by molar-refractivity contribution is 5.67. The molecule has 0 amide bonds. The van der Waals surface area contributed by atoms with Crippen molar-refractivity contribution < 1.29 is 0 Å². The molecule has 2 nitrogen and oxygen atoms in total. The summed E-state index contributed by atoms with van der Waals surface area (Å²) in [5.74, 6) is 0. The van der Waals surface area contributed by atoms with Crippen LogP contribution in [0.2, 0.25) is 0 Å². The molecule has 3 rings (SSSR count). The van der Waals surface area contributed by atoms with Crippen molar-refractivity contribution in [1.29, 1.82) is 0 Å². The van der Waals surface area contributed by atoms with Gasteiger partial charge in [0, 0.05) is 5.70 Å². The highest BCUT2D eigenvalue weighted by Crippen LogP contribution is 2.32. The fourth-order valence-electron chi connectivity index (χ4n) is 3.40. The van der Waals surface area contributed by atoms with E-state index in [0.717, 1.165) is 5.70 Å². The summed E-state index contributed by atoms with van der Waals surface area (Å²) in [5.41, 5.74) is 4.83. The van der Waals surface area contributed by atoms with Crippen LogP contribution in [-0.4, -0.2) is 18.1 Å². The Morgan fingerprint density at radius 3 is 2.31 bits per heavy atom. The van der Waals surface area contributed by atoms with Crippen LogP contribution in [0.5, 0.6) is 0 Å². The van der Waals surface area contributed by atoms with Crippen LogP contribution in [0, 0.1) is 0 Å². The first-order chi connectivity index (χ1) is 12.7. The normalized spacial score (nSPS) is 21.3. The van der Waals surface area contributed by atoms with E-state index in [4.69, 9.17) is 0 Å². The summed E-state index contributed by atoms with van der Waals surface area (Å²) in [4.78, 5) is 2.36. The lowest BCUT2D eigenvalue weighted by molar-refractivity contribution is 0.205. The van der Waals surface area contributed by atoms with Crippen molar-refractivity contribution in [2.75, 3.05) is 7.05 Å². The maximum atomic E-state index is 3.89. The Morgan fingerprint density at radius 2 is 1.69 bits per heavy atom. The van der Waals surface area contributed by atoms with Gasteiger partial charge in [-0.2, -0.15) is 0 Å². The van der Waals surface area contributed by atoms with Gasteiger partial charge in [-0.1, -0.05) is 91.5 Å². The number of hydrogen-bond donors (Lipinski definition) is 1. The number of allylic oxidation sites excluding steroid dienone is 3. The molecule has 0 aromatic heterocycles. The van der Waals surface area contributed by atoms with E-state index in [9.17, 15) is 0 Å². The molecule has 132 valence electrons. The minimum Gasteiger partial charge on any atom is -0.366 e. The Balaban J connectivity index is 2.07. The van der Waals surface area contributed by atoms with Gasteiger partial charge < -0.3 is 5.32 Å². The van der Waals surface area contributed by atoms with Crippen molar-refractivity contribution in [3.63, 3.8) is 0 Å². The average molecular weight is 342 g/mol. The Kier molecular flexibility index (Phi) is 5.88. The van der Waals surface area contributed by atoms with Gasteiger partial charge in [-0.3, -0.25) is 4.90 Å². The monoisotopic (exact) mass is 342 g/mol. The average Bonchev–Trinajstić information content (AvgIpc) is 2.69. The zero-order valence-corrected chi connectivity index (χ0v) is 15.5. The quantitative estimate of drug-likeness (QED) is 0.740. The molecule has 1 heterocycles. The van der Waals surface area contributed by atoms with Gasteiger partial charge in [0.25, 0.3) is 0 Å². The van der Waals surface area contributed by atoms with E-state index in [1.165, 1.54) is 16.7 Å². The second-order valence-electron chi connectivity index (χ2n) is 6.42. The van der Waals surface area contributed by atoms with E-state index in [0.29, 0.717) is 0 Å². The summed E-state index contributed by atoms with van der Waals surface area (Å²) in [6, 6.07) is 21.3. The minimum absolute atomic E-state index is 0.0645. The van der Waals surface area contributed by atoms with E-state index in [1.807, 2.05) is 19.1 Å². The van der Waals surface area contributed by atoms with E-state index in [1.54, 1.807) is 0 Å². The summed E-state index contributed by atoms with van der Waals surface area (Å²) >= 11 is 0. The third kappa shape index (κ3) is 3.87. The standard InChI is InChI=1S/C24H26N2/c1-4-12-21(13-5-2)24-25-22(19-14-8-6-9-15-19)18-23(26(24)3)20-16-10-7-11-17-20/h4-18,23-25H,1H2,2-3H3/b13-5-,21-12+. The lowest BCUT2D eigenvalue weighted by atomic mass is 9.96. The summed E-state index contributed by atoms with van der Waals surface area (Å²) in [6.45, 7) is 5.93. The molecule has 0 saturated carbocycles. The largest absolute Gasteiger partial charge is 0.366 e. The molecule has 1 N–H and O–H groups in total. The van der Waals surface area contributed by atoms with Gasteiger partial charge in [-0.05, 0) is 36.7 Å². The number of nitrogens with one attached hydrogen (secondary N) is 1. The topological polar surface area (TPSA) is 15.3 Å². The molecule has 0 radical (unpaired) electrons. The van der Waals surface area contributed by atoms with Crippen LogP contribution < -0.4 is 5.32 Å². The van der Waals surface area contributed by atoms with Gasteiger partial charge in [0.05, 0.1) is 6.04 Å². The van der Waals surface area contributed by atoms with Crippen molar-refractivity contribution >= 4 is 5.70 Å². The second kappa shape index (κ2) is 8.50. The van der Waals surface area contributed by atoms with Gasteiger partial charge in [-0.25, -0.2) is 0 Å². The van der Waals surface area contributed by atoms with Crippen molar-refractivity contribution in [2.24, 2.45) is 0 Å². The Morgan fingerprint density at radius 1 is 1.04 bits per heavy atom. The predicted octanol–water partition coefficient (Wildman–Crippen LogP) is 5.32. The third-order valence-corrected chi connectivity index (χ3v) is 4.67. The molecule has 1 aliphatic heterocycles. The lowest BCUT2D eigenvalue weighted by Crippen LogP contribution is -2.48. The summed E-state index contributed by atoms with van der Waals surface area (Å²) < 4.78 is 0. The fraction of sp³-hybridized carbons (Fsp3) is 0.167. The van der Waals surface area contributed by atoms with Gasteiger partial charge in [0.1, 0.15) is 6.17 Å². The first-order valence-corrected chi connectivity index (χ1v) is 9.00. The molecule has 0 bridgehead atoms. The third-order valence-electron chi connectivity index (χ3n) is 4.67. The molecule has 0 fully saturated rings. The SMILES string of the molecule is C=C/C=C(\C=C/C)C1NC(c2ccccc2)=CC(c2ccccc2)N1C. The molecule has 0 aliphatic carbocycles. The molecule has 1 aliphatic rings. The molecule has 2 aromatic rings. The lowest BCUT2D eigenvalue weighted by Gasteiger charge is -2.41. The van der Waals surface area contributed by atoms with Crippen molar-refractivity contribution in [3.05, 3.63) is 114 Å². The molecule has 2 aromatic carbocycles. The zero-order valence-electron chi connectivity index (χ0n) is 15.5. The van der Waals surface area contributed by atoms with Crippen LogP contribution in [0.3, 0.4) is 0 Å². The molecular weight excluding hydrogens is 316 g/mol. The van der Waals surface area contributed by atoms with Crippen LogP contribution in [0.25, 0.3) is 5.70 Å². The molecular formula is C24H26N2. The highest BCUT2D eigenvalue weighted by Gasteiger charge is 2.30. The molecule has 0 saturated heterocycles. The van der Waals surface area contributed by atoms with Crippen LogP contribution in [-0.2, 0) is 0 Å². The summed E-state index contributed by atoms with van der Waals surface area (Å²) in [5, 5.41) is 3.71. The molecule has 26 heavy (non-hydrogen) atoms. The molecule has 2 unspecified atom stereocenters. The van der Waals surface area contributed by atoms with Crippen molar-refractivity contribution in [3.8, 4) is 0 Å².